The number of nitrogens with zero attached hydrogens (tertiary/aromatic N) is 1. The highest BCUT2D eigenvalue weighted by molar-refractivity contribution is 7.12. The minimum atomic E-state index is -0.0174. The molecule has 1 aromatic heterocycles. The van der Waals surface area contributed by atoms with E-state index in [0.29, 0.717) is 22.9 Å². The van der Waals surface area contributed by atoms with Gasteiger partial charge in [0, 0.05) is 17.9 Å². The average molecular weight is 274 g/mol. The maximum atomic E-state index is 12.6. The molecule has 2 aromatic rings. The zero-order valence-corrected chi connectivity index (χ0v) is 11.4. The summed E-state index contributed by atoms with van der Waals surface area (Å²) >= 11 is 1.40. The third kappa shape index (κ3) is 1.96. The molecule has 0 spiro atoms. The number of fused-ring (bicyclic) bond motifs is 1. The fourth-order valence-corrected chi connectivity index (χ4v) is 3.15. The van der Waals surface area contributed by atoms with E-state index in [1.54, 1.807) is 12.0 Å². The van der Waals surface area contributed by atoms with Crippen LogP contribution in [0.25, 0.3) is 0 Å². The van der Waals surface area contributed by atoms with Crippen molar-refractivity contribution < 1.29 is 9.53 Å². The van der Waals surface area contributed by atoms with Gasteiger partial charge in [0.1, 0.15) is 10.6 Å². The second kappa shape index (κ2) is 4.59. The zero-order valence-electron chi connectivity index (χ0n) is 10.6. The predicted molar refractivity (Wildman–Crippen MR) is 77.1 cm³/mol. The molecule has 3 rings (SSSR count). The number of thiophene rings is 1. The zero-order chi connectivity index (χ0) is 13.4. The molecule has 1 aromatic carbocycles. The highest BCUT2D eigenvalue weighted by atomic mass is 32.1. The smallest absolute Gasteiger partial charge is 0.272 e. The number of hydrogen-bond donors (Lipinski definition) is 1. The fraction of sp³-hybridized carbons (Fsp3) is 0.214. The molecular weight excluding hydrogens is 260 g/mol. The van der Waals surface area contributed by atoms with Crippen LogP contribution in [0.3, 0.4) is 0 Å². The van der Waals surface area contributed by atoms with Gasteiger partial charge in [0.25, 0.3) is 5.91 Å². The molecule has 1 aliphatic rings. The van der Waals surface area contributed by atoms with Gasteiger partial charge in [-0.05, 0) is 35.6 Å². The average Bonchev–Trinajstić information content (AvgIpc) is 3.03. The Morgan fingerprint density at radius 2 is 2.26 bits per heavy atom. The molecule has 19 heavy (non-hydrogen) atoms. The van der Waals surface area contributed by atoms with E-state index >= 15 is 0 Å². The molecule has 0 bridgehead atoms. The molecule has 0 radical (unpaired) electrons. The first-order valence-corrected chi connectivity index (χ1v) is 6.90. The molecular formula is C14H14N2O2S. The summed E-state index contributed by atoms with van der Waals surface area (Å²) in [5.74, 6) is 0.614. The van der Waals surface area contributed by atoms with Gasteiger partial charge < -0.3 is 15.4 Å². The summed E-state index contributed by atoms with van der Waals surface area (Å²) in [5, 5.41) is 1.86. The number of ether oxygens (including phenoxy) is 1. The standard InChI is InChI=1S/C14H14N2O2S/c1-18-12-5-7-19-13(12)14(17)16-6-4-9-2-3-10(15)8-11(9)16/h2-3,5,7-8H,4,6,15H2,1H3. The summed E-state index contributed by atoms with van der Waals surface area (Å²) in [4.78, 5) is 15.0. The number of amides is 1. The van der Waals surface area contributed by atoms with Crippen molar-refractivity contribution in [3.05, 3.63) is 40.1 Å². The van der Waals surface area contributed by atoms with Crippen molar-refractivity contribution >= 4 is 28.6 Å². The molecule has 98 valence electrons. The second-order valence-corrected chi connectivity index (χ2v) is 5.33. The van der Waals surface area contributed by atoms with Crippen molar-refractivity contribution in [2.24, 2.45) is 0 Å². The van der Waals surface area contributed by atoms with Crippen LogP contribution in [0.1, 0.15) is 15.2 Å². The summed E-state index contributed by atoms with van der Waals surface area (Å²) in [6, 6.07) is 7.54. The molecule has 1 aliphatic heterocycles. The normalized spacial score (nSPS) is 13.4. The van der Waals surface area contributed by atoms with Crippen molar-refractivity contribution in [3.8, 4) is 5.75 Å². The molecule has 0 unspecified atom stereocenters. The van der Waals surface area contributed by atoms with Crippen LogP contribution in [0.15, 0.2) is 29.6 Å². The van der Waals surface area contributed by atoms with Crippen LogP contribution in [-0.2, 0) is 6.42 Å². The minimum absolute atomic E-state index is 0.0174. The van der Waals surface area contributed by atoms with Gasteiger partial charge in [-0.25, -0.2) is 0 Å². The highest BCUT2D eigenvalue weighted by Gasteiger charge is 2.28. The van der Waals surface area contributed by atoms with Crippen LogP contribution in [-0.4, -0.2) is 19.6 Å². The number of nitrogens with two attached hydrogens (primary N) is 1. The molecule has 5 heteroatoms. The van der Waals surface area contributed by atoms with E-state index < -0.39 is 0 Å². The van der Waals surface area contributed by atoms with E-state index in [1.165, 1.54) is 11.3 Å². The fourth-order valence-electron chi connectivity index (χ4n) is 2.34. The molecule has 0 saturated carbocycles. The Bertz CT molecular complexity index is 636. The van der Waals surface area contributed by atoms with Crippen molar-refractivity contribution in [2.45, 2.75) is 6.42 Å². The van der Waals surface area contributed by atoms with Gasteiger partial charge in [-0.15, -0.1) is 11.3 Å². The molecule has 0 aliphatic carbocycles. The molecule has 0 saturated heterocycles. The lowest BCUT2D eigenvalue weighted by Gasteiger charge is -2.17. The topological polar surface area (TPSA) is 55.6 Å². The Balaban J connectivity index is 1.97. The van der Waals surface area contributed by atoms with Crippen molar-refractivity contribution in [3.63, 3.8) is 0 Å². The molecule has 1 amide bonds. The van der Waals surface area contributed by atoms with Gasteiger partial charge in [0.05, 0.1) is 7.11 Å². The second-order valence-electron chi connectivity index (χ2n) is 4.41. The molecule has 0 atom stereocenters. The van der Waals surface area contributed by atoms with E-state index in [2.05, 4.69) is 0 Å². The number of anilines is 2. The maximum Gasteiger partial charge on any atom is 0.272 e. The highest BCUT2D eigenvalue weighted by Crippen LogP contribution is 2.34. The van der Waals surface area contributed by atoms with Gasteiger partial charge in [-0.2, -0.15) is 0 Å². The monoisotopic (exact) mass is 274 g/mol. The number of carbonyl (C=O) groups excluding carboxylic acids is 1. The Labute approximate surface area is 115 Å². The quantitative estimate of drug-likeness (QED) is 0.856. The van der Waals surface area contributed by atoms with E-state index in [1.807, 2.05) is 29.6 Å². The summed E-state index contributed by atoms with van der Waals surface area (Å²) in [6.45, 7) is 0.693. The van der Waals surface area contributed by atoms with Gasteiger partial charge in [-0.1, -0.05) is 6.07 Å². The minimum Gasteiger partial charge on any atom is -0.495 e. The van der Waals surface area contributed by atoms with Gasteiger partial charge >= 0.3 is 0 Å². The summed E-state index contributed by atoms with van der Waals surface area (Å²) < 4.78 is 5.22. The molecule has 4 nitrogen and oxygen atoms in total. The molecule has 2 N–H and O–H groups in total. The number of methoxy groups -OCH3 is 1. The summed E-state index contributed by atoms with van der Waals surface area (Å²) in [5.41, 5.74) is 8.57. The first kappa shape index (κ1) is 12.0. The number of hydrogen-bond acceptors (Lipinski definition) is 4. The lowest BCUT2D eigenvalue weighted by Crippen LogP contribution is -2.28. The third-order valence-electron chi connectivity index (χ3n) is 3.29. The predicted octanol–water partition coefficient (Wildman–Crippen LogP) is 2.54. The van der Waals surface area contributed by atoms with Crippen LogP contribution in [0.4, 0.5) is 11.4 Å². The van der Waals surface area contributed by atoms with E-state index in [0.717, 1.165) is 17.7 Å². The number of carbonyl (C=O) groups is 1. The van der Waals surface area contributed by atoms with Crippen molar-refractivity contribution in [1.29, 1.82) is 0 Å². The van der Waals surface area contributed by atoms with E-state index in [4.69, 9.17) is 10.5 Å². The Morgan fingerprint density at radius 1 is 1.42 bits per heavy atom. The SMILES string of the molecule is COc1ccsc1C(=O)N1CCc2ccc(N)cc21. The lowest BCUT2D eigenvalue weighted by atomic mass is 10.1. The van der Waals surface area contributed by atoms with Gasteiger partial charge in [0.15, 0.2) is 0 Å². The first-order chi connectivity index (χ1) is 9.20. The summed E-state index contributed by atoms with van der Waals surface area (Å²) in [6.07, 6.45) is 0.870. The van der Waals surface area contributed by atoms with Crippen molar-refractivity contribution in [2.75, 3.05) is 24.3 Å². The maximum absolute atomic E-state index is 12.6. The van der Waals surface area contributed by atoms with Crippen LogP contribution in [0.5, 0.6) is 5.75 Å². The largest absolute Gasteiger partial charge is 0.495 e. The van der Waals surface area contributed by atoms with Crippen LogP contribution >= 0.6 is 11.3 Å². The molecule has 0 fully saturated rings. The third-order valence-corrected chi connectivity index (χ3v) is 4.18. The number of rotatable bonds is 2. The van der Waals surface area contributed by atoms with Crippen LogP contribution in [0, 0.1) is 0 Å². The number of benzene rings is 1. The summed E-state index contributed by atoms with van der Waals surface area (Å²) in [7, 11) is 1.58. The van der Waals surface area contributed by atoms with Crippen LogP contribution in [0.2, 0.25) is 0 Å². The number of nitrogen functional groups attached to an aromatic ring is 1. The Morgan fingerprint density at radius 3 is 3.05 bits per heavy atom. The van der Waals surface area contributed by atoms with E-state index in [-0.39, 0.29) is 5.91 Å². The van der Waals surface area contributed by atoms with Crippen molar-refractivity contribution in [1.82, 2.24) is 0 Å². The lowest BCUT2D eigenvalue weighted by molar-refractivity contribution is 0.0990. The van der Waals surface area contributed by atoms with Gasteiger partial charge in [0.2, 0.25) is 0 Å². The van der Waals surface area contributed by atoms with E-state index in [9.17, 15) is 4.79 Å². The molecule has 2 heterocycles. The van der Waals surface area contributed by atoms with Crippen LogP contribution < -0.4 is 15.4 Å². The Hall–Kier alpha value is -2.01. The van der Waals surface area contributed by atoms with Gasteiger partial charge in [-0.3, -0.25) is 4.79 Å². The Kier molecular flexibility index (Phi) is 2.91. The first-order valence-electron chi connectivity index (χ1n) is 6.02.